The maximum Gasteiger partial charge on any atom is 0.230 e. The standard InChI is InChI=1S/C12H14N6/c1-8-6-15-12(17-10-7-13-4-5-14-10)18-11(8)16-9-2-3-9/h4-7,9H,2-3H2,1H3,(H2,14,15,16,17,18). The van der Waals surface area contributed by atoms with Gasteiger partial charge in [-0.25, -0.2) is 9.97 Å². The van der Waals surface area contributed by atoms with Crippen LogP contribution in [-0.2, 0) is 0 Å². The number of nitrogens with one attached hydrogen (secondary N) is 2. The lowest BCUT2D eigenvalue weighted by Crippen LogP contribution is -2.08. The molecule has 1 fully saturated rings. The SMILES string of the molecule is Cc1cnc(Nc2cnccn2)nc1NC1CC1. The summed E-state index contributed by atoms with van der Waals surface area (Å²) in [7, 11) is 0. The highest BCUT2D eigenvalue weighted by atomic mass is 15.2. The number of aromatic nitrogens is 4. The lowest BCUT2D eigenvalue weighted by molar-refractivity contribution is 1.06. The van der Waals surface area contributed by atoms with E-state index in [0.717, 1.165) is 11.4 Å². The van der Waals surface area contributed by atoms with E-state index in [2.05, 4.69) is 30.6 Å². The first kappa shape index (κ1) is 10.9. The number of aryl methyl sites for hydroxylation is 1. The van der Waals surface area contributed by atoms with E-state index in [-0.39, 0.29) is 0 Å². The minimum atomic E-state index is 0.532. The van der Waals surface area contributed by atoms with E-state index in [9.17, 15) is 0 Å². The molecule has 1 aliphatic carbocycles. The van der Waals surface area contributed by atoms with E-state index >= 15 is 0 Å². The third-order valence-corrected chi connectivity index (χ3v) is 2.69. The number of rotatable bonds is 4. The van der Waals surface area contributed by atoms with Gasteiger partial charge in [0.1, 0.15) is 5.82 Å². The van der Waals surface area contributed by atoms with Crippen molar-refractivity contribution in [2.75, 3.05) is 10.6 Å². The van der Waals surface area contributed by atoms with E-state index in [1.54, 1.807) is 24.8 Å². The molecule has 0 aliphatic heterocycles. The molecule has 1 aliphatic rings. The maximum absolute atomic E-state index is 4.45. The van der Waals surface area contributed by atoms with Gasteiger partial charge in [-0.1, -0.05) is 0 Å². The fraction of sp³-hybridized carbons (Fsp3) is 0.333. The summed E-state index contributed by atoms with van der Waals surface area (Å²) in [6.45, 7) is 2.00. The van der Waals surface area contributed by atoms with Gasteiger partial charge in [0, 0.05) is 30.2 Å². The Morgan fingerprint density at radius 3 is 2.78 bits per heavy atom. The second-order valence-electron chi connectivity index (χ2n) is 4.36. The van der Waals surface area contributed by atoms with Gasteiger partial charge in [0.05, 0.1) is 6.20 Å². The lowest BCUT2D eigenvalue weighted by Gasteiger charge is -2.09. The molecule has 3 rings (SSSR count). The van der Waals surface area contributed by atoms with Crippen LogP contribution < -0.4 is 10.6 Å². The molecule has 18 heavy (non-hydrogen) atoms. The van der Waals surface area contributed by atoms with E-state index < -0.39 is 0 Å². The molecular weight excluding hydrogens is 228 g/mol. The quantitative estimate of drug-likeness (QED) is 0.852. The van der Waals surface area contributed by atoms with Crippen LogP contribution in [0.2, 0.25) is 0 Å². The van der Waals surface area contributed by atoms with Crippen LogP contribution in [0.3, 0.4) is 0 Å². The third-order valence-electron chi connectivity index (χ3n) is 2.69. The van der Waals surface area contributed by atoms with Gasteiger partial charge in [-0.3, -0.25) is 4.98 Å². The van der Waals surface area contributed by atoms with Gasteiger partial charge in [0.2, 0.25) is 5.95 Å². The summed E-state index contributed by atoms with van der Waals surface area (Å²) in [5, 5.41) is 6.41. The predicted octanol–water partition coefficient (Wildman–Crippen LogP) is 1.89. The highest BCUT2D eigenvalue weighted by Gasteiger charge is 2.22. The lowest BCUT2D eigenvalue weighted by atomic mass is 10.3. The Labute approximate surface area is 105 Å². The van der Waals surface area contributed by atoms with Crippen molar-refractivity contribution in [3.05, 3.63) is 30.4 Å². The summed E-state index contributed by atoms with van der Waals surface area (Å²) in [6, 6.07) is 0.572. The van der Waals surface area contributed by atoms with Crippen molar-refractivity contribution in [3.8, 4) is 0 Å². The molecule has 0 aromatic carbocycles. The smallest absolute Gasteiger partial charge is 0.230 e. The molecule has 2 heterocycles. The first-order chi connectivity index (χ1) is 8.81. The van der Waals surface area contributed by atoms with Crippen LogP contribution in [0.4, 0.5) is 17.6 Å². The van der Waals surface area contributed by atoms with Crippen LogP contribution in [-0.4, -0.2) is 26.0 Å². The van der Waals surface area contributed by atoms with Gasteiger partial charge < -0.3 is 10.6 Å². The normalized spacial score (nSPS) is 14.3. The van der Waals surface area contributed by atoms with Gasteiger partial charge in [-0.15, -0.1) is 0 Å². The number of hydrogen-bond donors (Lipinski definition) is 2. The van der Waals surface area contributed by atoms with Gasteiger partial charge >= 0.3 is 0 Å². The summed E-state index contributed by atoms with van der Waals surface area (Å²) >= 11 is 0. The average molecular weight is 242 g/mol. The zero-order chi connectivity index (χ0) is 12.4. The third kappa shape index (κ3) is 2.53. The van der Waals surface area contributed by atoms with Crippen molar-refractivity contribution in [2.24, 2.45) is 0 Å². The van der Waals surface area contributed by atoms with E-state index in [0.29, 0.717) is 17.8 Å². The van der Waals surface area contributed by atoms with Crippen molar-refractivity contribution in [1.29, 1.82) is 0 Å². The van der Waals surface area contributed by atoms with Crippen LogP contribution in [0.1, 0.15) is 18.4 Å². The molecule has 6 nitrogen and oxygen atoms in total. The van der Waals surface area contributed by atoms with Crippen LogP contribution in [0.25, 0.3) is 0 Å². The minimum Gasteiger partial charge on any atom is -0.367 e. The molecule has 6 heteroatoms. The van der Waals surface area contributed by atoms with E-state index in [4.69, 9.17) is 0 Å². The summed E-state index contributed by atoms with van der Waals surface area (Å²) in [4.78, 5) is 16.8. The zero-order valence-corrected chi connectivity index (χ0v) is 10.1. The molecule has 0 atom stereocenters. The Morgan fingerprint density at radius 1 is 1.17 bits per heavy atom. The highest BCUT2D eigenvalue weighted by Crippen LogP contribution is 2.25. The number of hydrogen-bond acceptors (Lipinski definition) is 6. The molecule has 0 bridgehead atoms. The summed E-state index contributed by atoms with van der Waals surface area (Å²) in [5.74, 6) is 2.06. The summed E-state index contributed by atoms with van der Waals surface area (Å²) in [6.07, 6.45) is 9.13. The molecule has 0 radical (unpaired) electrons. The topological polar surface area (TPSA) is 75.6 Å². The van der Waals surface area contributed by atoms with Crippen LogP contribution in [0.5, 0.6) is 0 Å². The Hall–Kier alpha value is -2.24. The van der Waals surface area contributed by atoms with Crippen molar-refractivity contribution in [3.63, 3.8) is 0 Å². The van der Waals surface area contributed by atoms with Gasteiger partial charge in [0.25, 0.3) is 0 Å². The van der Waals surface area contributed by atoms with Gasteiger partial charge in [0.15, 0.2) is 5.82 Å². The first-order valence-corrected chi connectivity index (χ1v) is 5.94. The number of anilines is 3. The molecule has 2 N–H and O–H groups in total. The molecule has 2 aromatic heterocycles. The second-order valence-corrected chi connectivity index (χ2v) is 4.36. The van der Waals surface area contributed by atoms with Crippen molar-refractivity contribution >= 4 is 17.6 Å². The monoisotopic (exact) mass is 242 g/mol. The van der Waals surface area contributed by atoms with Crippen LogP contribution in [0, 0.1) is 6.92 Å². The second kappa shape index (κ2) is 4.56. The van der Waals surface area contributed by atoms with E-state index in [1.165, 1.54) is 12.8 Å². The zero-order valence-electron chi connectivity index (χ0n) is 10.1. The highest BCUT2D eigenvalue weighted by molar-refractivity contribution is 5.52. The van der Waals surface area contributed by atoms with Gasteiger partial charge in [-0.05, 0) is 19.8 Å². The Kier molecular flexibility index (Phi) is 2.76. The minimum absolute atomic E-state index is 0.532. The van der Waals surface area contributed by atoms with Crippen molar-refractivity contribution in [1.82, 2.24) is 19.9 Å². The Morgan fingerprint density at radius 2 is 2.06 bits per heavy atom. The Balaban J connectivity index is 1.79. The van der Waals surface area contributed by atoms with Crippen molar-refractivity contribution in [2.45, 2.75) is 25.8 Å². The average Bonchev–Trinajstić information content (AvgIpc) is 3.19. The molecule has 92 valence electrons. The Bertz CT molecular complexity index is 538. The summed E-state index contributed by atoms with van der Waals surface area (Å²) < 4.78 is 0. The molecule has 0 saturated heterocycles. The fourth-order valence-corrected chi connectivity index (χ4v) is 1.55. The first-order valence-electron chi connectivity index (χ1n) is 5.94. The van der Waals surface area contributed by atoms with E-state index in [1.807, 2.05) is 6.92 Å². The molecule has 0 unspecified atom stereocenters. The maximum atomic E-state index is 4.45. The molecule has 2 aromatic rings. The molecule has 0 amide bonds. The van der Waals surface area contributed by atoms with Crippen molar-refractivity contribution < 1.29 is 0 Å². The molecule has 1 saturated carbocycles. The van der Waals surface area contributed by atoms with Gasteiger partial charge in [-0.2, -0.15) is 4.98 Å². The predicted molar refractivity (Wildman–Crippen MR) is 68.7 cm³/mol. The fourth-order valence-electron chi connectivity index (χ4n) is 1.55. The molecule has 0 spiro atoms. The summed E-state index contributed by atoms with van der Waals surface area (Å²) in [5.41, 5.74) is 1.05. The number of nitrogens with zero attached hydrogens (tertiary/aromatic N) is 4. The largest absolute Gasteiger partial charge is 0.367 e. The van der Waals surface area contributed by atoms with Crippen LogP contribution in [0.15, 0.2) is 24.8 Å². The van der Waals surface area contributed by atoms with Crippen LogP contribution >= 0.6 is 0 Å². The molecular formula is C12H14N6.